The number of nitrogens with one attached hydrogen (secondary N) is 1. The SMILES string of the molecule is COc1cc(/C=C(/C#N)C(=O)Nc2ccc(C)c(Cl)c2)cc(Cl)c1OCc1ccc(C)cc1. The van der Waals surface area contributed by atoms with Gasteiger partial charge in [0.1, 0.15) is 18.2 Å². The predicted octanol–water partition coefficient (Wildman–Crippen LogP) is 6.74. The highest BCUT2D eigenvalue weighted by molar-refractivity contribution is 6.32. The van der Waals surface area contributed by atoms with Gasteiger partial charge in [0.05, 0.1) is 12.1 Å². The van der Waals surface area contributed by atoms with Crippen molar-refractivity contribution in [2.45, 2.75) is 20.5 Å². The van der Waals surface area contributed by atoms with E-state index in [2.05, 4.69) is 5.32 Å². The molecule has 0 unspecified atom stereocenters. The van der Waals surface area contributed by atoms with Crippen LogP contribution in [0.1, 0.15) is 22.3 Å². The molecule has 7 heteroatoms. The molecule has 1 N–H and O–H groups in total. The third-order valence-corrected chi connectivity index (χ3v) is 5.55. The van der Waals surface area contributed by atoms with Crippen molar-refractivity contribution in [2.24, 2.45) is 0 Å². The first-order valence-electron chi connectivity index (χ1n) is 10.1. The Labute approximate surface area is 203 Å². The van der Waals surface area contributed by atoms with E-state index in [0.717, 1.165) is 16.7 Å². The minimum Gasteiger partial charge on any atom is -0.493 e. The van der Waals surface area contributed by atoms with Crippen LogP contribution in [0.4, 0.5) is 5.69 Å². The molecule has 5 nitrogen and oxygen atoms in total. The summed E-state index contributed by atoms with van der Waals surface area (Å²) in [6.07, 6.45) is 1.43. The summed E-state index contributed by atoms with van der Waals surface area (Å²) in [4.78, 5) is 12.6. The van der Waals surface area contributed by atoms with E-state index in [1.54, 1.807) is 30.3 Å². The summed E-state index contributed by atoms with van der Waals surface area (Å²) in [5.74, 6) is 0.213. The molecular formula is C26H22Cl2N2O3. The second kappa shape index (κ2) is 10.9. The molecule has 0 saturated heterocycles. The van der Waals surface area contributed by atoms with Crippen molar-refractivity contribution in [1.29, 1.82) is 5.26 Å². The first kappa shape index (κ1) is 24.2. The quantitative estimate of drug-likeness (QED) is 0.300. The molecule has 3 rings (SSSR count). The lowest BCUT2D eigenvalue weighted by atomic mass is 10.1. The molecule has 0 saturated carbocycles. The minimum absolute atomic E-state index is 0.0989. The third kappa shape index (κ3) is 6.29. The normalized spacial score (nSPS) is 11.0. The number of halogens is 2. The van der Waals surface area contributed by atoms with E-state index >= 15 is 0 Å². The van der Waals surface area contributed by atoms with Crippen LogP contribution in [0.15, 0.2) is 60.2 Å². The number of anilines is 1. The van der Waals surface area contributed by atoms with Gasteiger partial charge in [-0.05, 0) is 60.9 Å². The number of amides is 1. The molecule has 0 bridgehead atoms. The average molecular weight is 481 g/mol. The number of ether oxygens (including phenoxy) is 2. The lowest BCUT2D eigenvalue weighted by Gasteiger charge is -2.14. The summed E-state index contributed by atoms with van der Waals surface area (Å²) in [6, 6.07) is 18.3. The second-order valence-corrected chi connectivity index (χ2v) is 8.21. The van der Waals surface area contributed by atoms with Gasteiger partial charge in [0.25, 0.3) is 5.91 Å². The van der Waals surface area contributed by atoms with Gasteiger partial charge in [-0.1, -0.05) is 59.1 Å². The number of aryl methyl sites for hydroxylation is 2. The molecule has 3 aromatic rings. The molecule has 0 fully saturated rings. The molecule has 0 radical (unpaired) electrons. The molecule has 168 valence electrons. The third-order valence-electron chi connectivity index (χ3n) is 4.86. The van der Waals surface area contributed by atoms with Crippen LogP contribution in [0.25, 0.3) is 6.08 Å². The van der Waals surface area contributed by atoms with Crippen molar-refractivity contribution in [3.05, 3.63) is 92.5 Å². The monoisotopic (exact) mass is 480 g/mol. The summed E-state index contributed by atoms with van der Waals surface area (Å²) in [5.41, 5.74) is 3.95. The van der Waals surface area contributed by atoms with Crippen LogP contribution in [0, 0.1) is 25.2 Å². The standard InChI is InChI=1S/C26H22Cl2N2O3/c1-16-4-7-18(8-5-16)15-33-25-23(28)11-19(12-24(25)32-3)10-20(14-29)26(31)30-21-9-6-17(2)22(27)13-21/h4-13H,15H2,1-3H3,(H,30,31)/b20-10-. The lowest BCUT2D eigenvalue weighted by molar-refractivity contribution is -0.112. The van der Waals surface area contributed by atoms with Crippen LogP contribution in [0.2, 0.25) is 10.0 Å². The van der Waals surface area contributed by atoms with Crippen LogP contribution in [-0.4, -0.2) is 13.0 Å². The van der Waals surface area contributed by atoms with Crippen LogP contribution in [0.5, 0.6) is 11.5 Å². The summed E-state index contributed by atoms with van der Waals surface area (Å²) in [7, 11) is 1.50. The van der Waals surface area contributed by atoms with Gasteiger partial charge in [0.2, 0.25) is 0 Å². The van der Waals surface area contributed by atoms with Crippen molar-refractivity contribution in [3.63, 3.8) is 0 Å². The lowest BCUT2D eigenvalue weighted by Crippen LogP contribution is -2.13. The number of nitrogens with zero attached hydrogens (tertiary/aromatic N) is 1. The van der Waals surface area contributed by atoms with Crippen LogP contribution >= 0.6 is 23.2 Å². The van der Waals surface area contributed by atoms with Gasteiger partial charge in [-0.25, -0.2) is 0 Å². The molecule has 0 aromatic heterocycles. The number of benzene rings is 3. The van der Waals surface area contributed by atoms with Gasteiger partial charge in [0.15, 0.2) is 11.5 Å². The minimum atomic E-state index is -0.563. The van der Waals surface area contributed by atoms with Gasteiger partial charge in [0, 0.05) is 10.7 Å². The Hall–Kier alpha value is -3.46. The Morgan fingerprint density at radius 2 is 1.79 bits per heavy atom. The number of carbonyl (C=O) groups is 1. The van der Waals surface area contributed by atoms with Gasteiger partial charge < -0.3 is 14.8 Å². The first-order valence-corrected chi connectivity index (χ1v) is 10.8. The number of hydrogen-bond acceptors (Lipinski definition) is 4. The summed E-state index contributed by atoms with van der Waals surface area (Å²) < 4.78 is 11.3. The molecule has 33 heavy (non-hydrogen) atoms. The zero-order valence-corrected chi connectivity index (χ0v) is 19.9. The molecule has 0 spiro atoms. The van der Waals surface area contributed by atoms with E-state index in [4.69, 9.17) is 32.7 Å². The topological polar surface area (TPSA) is 71.3 Å². The highest BCUT2D eigenvalue weighted by Gasteiger charge is 2.15. The van der Waals surface area contributed by atoms with E-state index in [9.17, 15) is 10.1 Å². The smallest absolute Gasteiger partial charge is 0.266 e. The van der Waals surface area contributed by atoms with Crippen LogP contribution < -0.4 is 14.8 Å². The fourth-order valence-electron chi connectivity index (χ4n) is 2.99. The Bertz CT molecular complexity index is 1250. The van der Waals surface area contributed by atoms with Crippen molar-refractivity contribution in [1.82, 2.24) is 0 Å². The molecule has 0 aliphatic carbocycles. The zero-order chi connectivity index (χ0) is 24.0. The molecule has 0 heterocycles. The van der Waals surface area contributed by atoms with Gasteiger partial charge in [-0.3, -0.25) is 4.79 Å². The molecule has 0 aliphatic rings. The number of nitriles is 1. The number of rotatable bonds is 7. The fraction of sp³-hybridized carbons (Fsp3) is 0.154. The molecular weight excluding hydrogens is 459 g/mol. The fourth-order valence-corrected chi connectivity index (χ4v) is 3.44. The molecule has 1 amide bonds. The predicted molar refractivity (Wildman–Crippen MR) is 132 cm³/mol. The maximum Gasteiger partial charge on any atom is 0.266 e. The summed E-state index contributed by atoms with van der Waals surface area (Å²) in [6.45, 7) is 4.19. The van der Waals surface area contributed by atoms with Crippen molar-refractivity contribution in [3.8, 4) is 17.6 Å². The maximum absolute atomic E-state index is 12.6. The first-order chi connectivity index (χ1) is 15.8. The zero-order valence-electron chi connectivity index (χ0n) is 18.4. The Balaban J connectivity index is 1.81. The highest BCUT2D eigenvalue weighted by Crippen LogP contribution is 2.37. The number of methoxy groups -OCH3 is 1. The van der Waals surface area contributed by atoms with Crippen molar-refractivity contribution < 1.29 is 14.3 Å². The van der Waals surface area contributed by atoms with E-state index in [1.807, 2.05) is 44.2 Å². The molecule has 0 atom stereocenters. The van der Waals surface area contributed by atoms with Gasteiger partial charge >= 0.3 is 0 Å². The van der Waals surface area contributed by atoms with E-state index in [0.29, 0.717) is 39.4 Å². The van der Waals surface area contributed by atoms with Gasteiger partial charge in [-0.15, -0.1) is 0 Å². The molecule has 3 aromatic carbocycles. The summed E-state index contributed by atoms with van der Waals surface area (Å²) >= 11 is 12.5. The Morgan fingerprint density at radius 3 is 2.42 bits per heavy atom. The van der Waals surface area contributed by atoms with Crippen LogP contribution in [-0.2, 0) is 11.4 Å². The molecule has 0 aliphatic heterocycles. The van der Waals surface area contributed by atoms with Crippen molar-refractivity contribution >= 4 is 40.9 Å². The van der Waals surface area contributed by atoms with Gasteiger partial charge in [-0.2, -0.15) is 5.26 Å². The second-order valence-electron chi connectivity index (χ2n) is 7.40. The average Bonchev–Trinajstić information content (AvgIpc) is 2.79. The maximum atomic E-state index is 12.6. The Morgan fingerprint density at radius 1 is 1.06 bits per heavy atom. The highest BCUT2D eigenvalue weighted by atomic mass is 35.5. The van der Waals surface area contributed by atoms with E-state index in [-0.39, 0.29) is 5.57 Å². The number of carbonyl (C=O) groups excluding carboxylic acids is 1. The summed E-state index contributed by atoms with van der Waals surface area (Å²) in [5, 5.41) is 13.0. The largest absolute Gasteiger partial charge is 0.493 e. The van der Waals surface area contributed by atoms with E-state index in [1.165, 1.54) is 13.2 Å². The van der Waals surface area contributed by atoms with Crippen LogP contribution in [0.3, 0.4) is 0 Å². The number of hydrogen-bond donors (Lipinski definition) is 1. The van der Waals surface area contributed by atoms with Crippen molar-refractivity contribution in [2.75, 3.05) is 12.4 Å². The van der Waals surface area contributed by atoms with E-state index < -0.39 is 5.91 Å². The Kier molecular flexibility index (Phi) is 8.00.